The van der Waals surface area contributed by atoms with E-state index in [4.69, 9.17) is 0 Å². The fraction of sp³-hybridized carbons (Fsp3) is 0.769. The van der Waals surface area contributed by atoms with Gasteiger partial charge >= 0.3 is 0 Å². The number of ketones is 1. The zero-order chi connectivity index (χ0) is 12.8. The van der Waals surface area contributed by atoms with Gasteiger partial charge in [0, 0.05) is 13.0 Å². The molecule has 0 aliphatic carbocycles. The summed E-state index contributed by atoms with van der Waals surface area (Å²) in [7, 11) is 0. The Balaban J connectivity index is 1.84. The zero-order valence-corrected chi connectivity index (χ0v) is 11.8. The van der Waals surface area contributed by atoms with Crippen LogP contribution in [0.3, 0.4) is 0 Å². The third-order valence-corrected chi connectivity index (χ3v) is 4.39. The summed E-state index contributed by atoms with van der Waals surface area (Å²) in [5.74, 6) is 4.17. The molecule has 0 radical (unpaired) electrons. The maximum atomic E-state index is 12.0. The average molecular weight is 267 g/mol. The predicted octanol–water partition coefficient (Wildman–Crippen LogP) is 2.33. The van der Waals surface area contributed by atoms with Gasteiger partial charge in [0.05, 0.1) is 6.42 Å². The topological polar surface area (TPSA) is 47.8 Å². The van der Waals surface area contributed by atoms with Crippen molar-refractivity contribution in [2.75, 3.05) is 11.5 Å². The van der Waals surface area contributed by atoms with Gasteiger partial charge in [-0.2, -0.15) is 16.9 Å². The van der Waals surface area contributed by atoms with E-state index in [1.54, 1.807) is 6.33 Å². The molecular weight excluding hydrogens is 246 g/mol. The van der Waals surface area contributed by atoms with E-state index in [9.17, 15) is 4.79 Å². The molecule has 0 unspecified atom stereocenters. The Labute approximate surface area is 113 Å². The Morgan fingerprint density at radius 2 is 2.28 bits per heavy atom. The van der Waals surface area contributed by atoms with Crippen molar-refractivity contribution in [2.45, 2.75) is 45.6 Å². The molecular formula is C13H21N3OS. The third-order valence-electron chi connectivity index (χ3n) is 3.34. The van der Waals surface area contributed by atoms with Crippen molar-refractivity contribution in [1.29, 1.82) is 0 Å². The van der Waals surface area contributed by atoms with Crippen LogP contribution in [0, 0.1) is 5.92 Å². The van der Waals surface area contributed by atoms with E-state index in [-0.39, 0.29) is 0 Å². The summed E-state index contributed by atoms with van der Waals surface area (Å²) in [4.78, 5) is 16.2. The van der Waals surface area contributed by atoms with E-state index >= 15 is 0 Å². The second-order valence-electron chi connectivity index (χ2n) is 4.87. The Bertz CT molecular complexity index is 385. The smallest absolute Gasteiger partial charge is 0.140 e. The lowest BCUT2D eigenvalue weighted by atomic mass is 9.95. The van der Waals surface area contributed by atoms with E-state index in [0.717, 1.165) is 25.2 Å². The lowest BCUT2D eigenvalue weighted by Gasteiger charge is -2.20. The van der Waals surface area contributed by atoms with Gasteiger partial charge in [0.1, 0.15) is 17.9 Å². The lowest BCUT2D eigenvalue weighted by molar-refractivity contribution is -0.119. The highest BCUT2D eigenvalue weighted by Crippen LogP contribution is 2.25. The SMILES string of the molecule is CCCn1ncnc1CC(=O)CC1CCSCC1. The first kappa shape index (κ1) is 13.6. The molecule has 0 saturated carbocycles. The molecule has 2 rings (SSSR count). The van der Waals surface area contributed by atoms with E-state index in [1.807, 2.05) is 16.4 Å². The molecule has 1 fully saturated rings. The fourth-order valence-corrected chi connectivity index (χ4v) is 3.55. The molecule has 0 amide bonds. The zero-order valence-electron chi connectivity index (χ0n) is 11.0. The van der Waals surface area contributed by atoms with Crippen LogP contribution in [0.25, 0.3) is 0 Å². The van der Waals surface area contributed by atoms with Crippen LogP contribution in [0.4, 0.5) is 0 Å². The summed E-state index contributed by atoms with van der Waals surface area (Å²) in [6.07, 6.45) is 6.12. The summed E-state index contributed by atoms with van der Waals surface area (Å²) in [5.41, 5.74) is 0. The van der Waals surface area contributed by atoms with Gasteiger partial charge in [0.25, 0.3) is 0 Å². The first-order chi connectivity index (χ1) is 8.79. The van der Waals surface area contributed by atoms with Gasteiger partial charge in [-0.15, -0.1) is 0 Å². The third kappa shape index (κ3) is 3.83. The van der Waals surface area contributed by atoms with Crippen LogP contribution in [0.2, 0.25) is 0 Å². The largest absolute Gasteiger partial charge is 0.299 e. The van der Waals surface area contributed by atoms with Gasteiger partial charge in [0.2, 0.25) is 0 Å². The van der Waals surface area contributed by atoms with Crippen LogP contribution in [0.5, 0.6) is 0 Å². The molecule has 18 heavy (non-hydrogen) atoms. The molecule has 0 bridgehead atoms. The van der Waals surface area contributed by atoms with Crippen LogP contribution < -0.4 is 0 Å². The number of aryl methyl sites for hydroxylation is 1. The van der Waals surface area contributed by atoms with Crippen molar-refractivity contribution in [3.05, 3.63) is 12.2 Å². The molecule has 1 aliphatic rings. The molecule has 0 N–H and O–H groups in total. The van der Waals surface area contributed by atoms with Crippen molar-refractivity contribution in [2.24, 2.45) is 5.92 Å². The summed E-state index contributed by atoms with van der Waals surface area (Å²) < 4.78 is 1.86. The molecule has 1 aromatic rings. The number of rotatable bonds is 6. The summed E-state index contributed by atoms with van der Waals surface area (Å²) in [6.45, 7) is 2.95. The number of hydrogen-bond acceptors (Lipinski definition) is 4. The van der Waals surface area contributed by atoms with E-state index in [0.29, 0.717) is 18.1 Å². The van der Waals surface area contributed by atoms with Gasteiger partial charge in [-0.1, -0.05) is 6.92 Å². The van der Waals surface area contributed by atoms with Gasteiger partial charge in [0.15, 0.2) is 0 Å². The Morgan fingerprint density at radius 1 is 1.50 bits per heavy atom. The van der Waals surface area contributed by atoms with Crippen LogP contribution in [0.15, 0.2) is 6.33 Å². The number of thioether (sulfide) groups is 1. The van der Waals surface area contributed by atoms with E-state index in [2.05, 4.69) is 17.0 Å². The molecule has 0 atom stereocenters. The predicted molar refractivity (Wildman–Crippen MR) is 73.7 cm³/mol. The first-order valence-electron chi connectivity index (χ1n) is 6.75. The standard InChI is InChI=1S/C13H21N3OS/c1-2-5-16-13(14-10-15-16)9-12(17)8-11-3-6-18-7-4-11/h10-11H,2-9H2,1H3. The molecule has 1 saturated heterocycles. The normalized spacial score (nSPS) is 16.9. The molecule has 2 heterocycles. The minimum absolute atomic E-state index is 0.317. The number of nitrogens with zero attached hydrogens (tertiary/aromatic N) is 3. The van der Waals surface area contributed by atoms with Crippen LogP contribution in [0.1, 0.15) is 38.4 Å². The second kappa shape index (κ2) is 6.92. The highest BCUT2D eigenvalue weighted by atomic mass is 32.2. The van der Waals surface area contributed by atoms with Crippen LogP contribution in [-0.4, -0.2) is 32.1 Å². The minimum atomic E-state index is 0.317. The number of aromatic nitrogens is 3. The van der Waals surface area contributed by atoms with Crippen LogP contribution in [-0.2, 0) is 17.8 Å². The van der Waals surface area contributed by atoms with Gasteiger partial charge in [-0.25, -0.2) is 9.67 Å². The number of carbonyl (C=O) groups is 1. The fourth-order valence-electron chi connectivity index (χ4n) is 2.34. The van der Waals surface area contributed by atoms with Crippen molar-refractivity contribution in [3.8, 4) is 0 Å². The summed E-state index contributed by atoms with van der Waals surface area (Å²) in [6, 6.07) is 0. The Kier molecular flexibility index (Phi) is 5.23. The van der Waals surface area contributed by atoms with E-state index < -0.39 is 0 Å². The maximum absolute atomic E-state index is 12.0. The summed E-state index contributed by atoms with van der Waals surface area (Å²) >= 11 is 2.00. The molecule has 1 aromatic heterocycles. The van der Waals surface area contributed by atoms with Crippen molar-refractivity contribution < 1.29 is 4.79 Å². The number of Topliss-reactive ketones (excluding diaryl/α,β-unsaturated/α-hetero) is 1. The van der Waals surface area contributed by atoms with Crippen molar-refractivity contribution in [3.63, 3.8) is 0 Å². The molecule has 100 valence electrons. The van der Waals surface area contributed by atoms with Crippen molar-refractivity contribution >= 4 is 17.5 Å². The minimum Gasteiger partial charge on any atom is -0.299 e. The van der Waals surface area contributed by atoms with Crippen molar-refractivity contribution in [1.82, 2.24) is 14.8 Å². The van der Waals surface area contributed by atoms with Gasteiger partial charge in [-0.05, 0) is 36.7 Å². The quantitative estimate of drug-likeness (QED) is 0.793. The molecule has 4 nitrogen and oxygen atoms in total. The Hall–Kier alpha value is -0.840. The maximum Gasteiger partial charge on any atom is 0.140 e. The lowest BCUT2D eigenvalue weighted by Crippen LogP contribution is -2.17. The highest BCUT2D eigenvalue weighted by Gasteiger charge is 2.18. The first-order valence-corrected chi connectivity index (χ1v) is 7.91. The van der Waals surface area contributed by atoms with Gasteiger partial charge < -0.3 is 0 Å². The van der Waals surface area contributed by atoms with Crippen LogP contribution >= 0.6 is 11.8 Å². The van der Waals surface area contributed by atoms with E-state index in [1.165, 1.54) is 24.3 Å². The Morgan fingerprint density at radius 3 is 3.00 bits per heavy atom. The molecule has 5 heteroatoms. The monoisotopic (exact) mass is 267 g/mol. The highest BCUT2D eigenvalue weighted by molar-refractivity contribution is 7.99. The molecule has 1 aliphatic heterocycles. The number of carbonyl (C=O) groups excluding carboxylic acids is 1. The molecule has 0 spiro atoms. The summed E-state index contributed by atoms with van der Waals surface area (Å²) in [5, 5.41) is 4.16. The number of hydrogen-bond donors (Lipinski definition) is 0. The average Bonchev–Trinajstić information content (AvgIpc) is 2.78. The second-order valence-corrected chi connectivity index (χ2v) is 6.10. The van der Waals surface area contributed by atoms with Gasteiger partial charge in [-0.3, -0.25) is 4.79 Å². The molecule has 0 aromatic carbocycles.